The number of nitrogens with one attached hydrogen (secondary N) is 1. The summed E-state index contributed by atoms with van der Waals surface area (Å²) in [5.41, 5.74) is 2.28. The van der Waals surface area contributed by atoms with E-state index in [1.807, 2.05) is 24.4 Å². The largest absolute Gasteiger partial charge is 0.333 e. The Labute approximate surface area is 94.1 Å². The van der Waals surface area contributed by atoms with Crippen LogP contribution in [0.1, 0.15) is 13.3 Å². The first-order chi connectivity index (χ1) is 7.40. The molecule has 2 nitrogen and oxygen atoms in total. The Morgan fingerprint density at radius 1 is 1.27 bits per heavy atom. The molecule has 0 aliphatic heterocycles. The van der Waals surface area contributed by atoms with Crippen molar-refractivity contribution in [3.63, 3.8) is 0 Å². The molecule has 0 unspecified atom stereocenters. The van der Waals surface area contributed by atoms with Gasteiger partial charge in [-0.2, -0.15) is 0 Å². The van der Waals surface area contributed by atoms with Gasteiger partial charge in [0.1, 0.15) is 0 Å². The van der Waals surface area contributed by atoms with E-state index in [0.717, 1.165) is 16.6 Å². The van der Waals surface area contributed by atoms with Crippen LogP contribution in [0.3, 0.4) is 0 Å². The standard InChI is InChI=1S/C12H14N2S/c1-2-8-15-12-13-9-11(14-12)10-6-4-3-5-7-10/h3-7,9H,2,8H2,1H3,(H,13,14). The second-order valence-corrected chi connectivity index (χ2v) is 4.40. The minimum Gasteiger partial charge on any atom is -0.333 e. The van der Waals surface area contributed by atoms with Crippen LogP contribution in [-0.4, -0.2) is 15.7 Å². The number of thioether (sulfide) groups is 1. The zero-order valence-corrected chi connectivity index (χ0v) is 9.55. The van der Waals surface area contributed by atoms with E-state index in [0.29, 0.717) is 0 Å². The summed E-state index contributed by atoms with van der Waals surface area (Å²) in [6.45, 7) is 2.17. The van der Waals surface area contributed by atoms with Gasteiger partial charge in [0.25, 0.3) is 0 Å². The highest BCUT2D eigenvalue weighted by molar-refractivity contribution is 7.99. The number of aromatic amines is 1. The molecule has 1 N–H and O–H groups in total. The summed E-state index contributed by atoms with van der Waals surface area (Å²) in [7, 11) is 0. The van der Waals surface area contributed by atoms with Gasteiger partial charge in [-0.15, -0.1) is 0 Å². The molecule has 0 saturated carbocycles. The van der Waals surface area contributed by atoms with E-state index in [9.17, 15) is 0 Å². The second kappa shape index (κ2) is 5.03. The van der Waals surface area contributed by atoms with Crippen molar-refractivity contribution in [3.05, 3.63) is 36.5 Å². The van der Waals surface area contributed by atoms with Gasteiger partial charge in [0, 0.05) is 5.75 Å². The van der Waals surface area contributed by atoms with Crippen LogP contribution in [0.15, 0.2) is 41.7 Å². The number of hydrogen-bond acceptors (Lipinski definition) is 2. The molecule has 78 valence electrons. The van der Waals surface area contributed by atoms with Crippen molar-refractivity contribution in [3.8, 4) is 11.3 Å². The van der Waals surface area contributed by atoms with Gasteiger partial charge in [0.2, 0.25) is 0 Å². The Morgan fingerprint density at radius 2 is 2.07 bits per heavy atom. The van der Waals surface area contributed by atoms with Crippen LogP contribution < -0.4 is 0 Å². The van der Waals surface area contributed by atoms with Gasteiger partial charge in [0.15, 0.2) is 5.16 Å². The molecule has 0 fully saturated rings. The third-order valence-electron chi connectivity index (χ3n) is 2.08. The highest BCUT2D eigenvalue weighted by Crippen LogP contribution is 2.21. The number of hydrogen-bond donors (Lipinski definition) is 1. The number of imidazole rings is 1. The molecule has 0 atom stereocenters. The maximum Gasteiger partial charge on any atom is 0.165 e. The summed E-state index contributed by atoms with van der Waals surface area (Å²) in [6, 6.07) is 10.3. The molecule has 0 amide bonds. The summed E-state index contributed by atoms with van der Waals surface area (Å²) >= 11 is 1.77. The Hall–Kier alpha value is -1.22. The molecule has 1 aromatic carbocycles. The highest BCUT2D eigenvalue weighted by atomic mass is 32.2. The first kappa shape index (κ1) is 10.3. The molecular weight excluding hydrogens is 204 g/mol. The molecule has 0 saturated heterocycles. The third-order valence-corrected chi connectivity index (χ3v) is 3.17. The molecule has 2 rings (SSSR count). The molecule has 0 aliphatic carbocycles. The third kappa shape index (κ3) is 2.63. The van der Waals surface area contributed by atoms with Crippen LogP contribution in [0.5, 0.6) is 0 Å². The maximum atomic E-state index is 4.34. The minimum atomic E-state index is 1.01. The molecular formula is C12H14N2S. The fourth-order valence-corrected chi connectivity index (χ4v) is 2.05. The lowest BCUT2D eigenvalue weighted by atomic mass is 10.2. The van der Waals surface area contributed by atoms with Crippen molar-refractivity contribution in [2.24, 2.45) is 0 Å². The predicted molar refractivity (Wildman–Crippen MR) is 65.0 cm³/mol. The van der Waals surface area contributed by atoms with Crippen LogP contribution in [-0.2, 0) is 0 Å². The van der Waals surface area contributed by atoms with Crippen LogP contribution in [0.2, 0.25) is 0 Å². The summed E-state index contributed by atoms with van der Waals surface area (Å²) in [6.07, 6.45) is 3.07. The lowest BCUT2D eigenvalue weighted by molar-refractivity contribution is 1.04. The SMILES string of the molecule is CCCSc1ncc(-c2ccccc2)[nH]1. The zero-order chi connectivity index (χ0) is 10.5. The molecule has 3 heteroatoms. The molecule has 15 heavy (non-hydrogen) atoms. The lowest BCUT2D eigenvalue weighted by Gasteiger charge is -1.96. The average molecular weight is 218 g/mol. The Bertz CT molecular complexity index is 409. The predicted octanol–water partition coefficient (Wildman–Crippen LogP) is 3.58. The van der Waals surface area contributed by atoms with Crippen LogP contribution in [0, 0.1) is 0 Å². The fourth-order valence-electron chi connectivity index (χ4n) is 1.34. The number of H-pyrrole nitrogens is 1. The first-order valence-electron chi connectivity index (χ1n) is 5.13. The number of benzene rings is 1. The van der Waals surface area contributed by atoms with E-state index in [2.05, 4.69) is 29.0 Å². The van der Waals surface area contributed by atoms with Gasteiger partial charge >= 0.3 is 0 Å². The second-order valence-electron chi connectivity index (χ2n) is 3.32. The molecule has 1 heterocycles. The van der Waals surface area contributed by atoms with Crippen molar-refractivity contribution in [2.45, 2.75) is 18.5 Å². The molecule has 1 aromatic heterocycles. The van der Waals surface area contributed by atoms with Crippen LogP contribution in [0.25, 0.3) is 11.3 Å². The van der Waals surface area contributed by atoms with Crippen molar-refractivity contribution in [1.29, 1.82) is 0 Å². The number of rotatable bonds is 4. The van der Waals surface area contributed by atoms with Crippen molar-refractivity contribution in [1.82, 2.24) is 9.97 Å². The summed E-state index contributed by atoms with van der Waals surface area (Å²) in [5, 5.41) is 1.01. The quantitative estimate of drug-likeness (QED) is 0.795. The monoisotopic (exact) mass is 218 g/mol. The van der Waals surface area contributed by atoms with E-state index in [4.69, 9.17) is 0 Å². The lowest BCUT2D eigenvalue weighted by Crippen LogP contribution is -1.79. The summed E-state index contributed by atoms with van der Waals surface area (Å²) in [4.78, 5) is 7.65. The van der Waals surface area contributed by atoms with Gasteiger partial charge in [-0.05, 0) is 12.0 Å². The average Bonchev–Trinajstić information content (AvgIpc) is 2.76. The van der Waals surface area contributed by atoms with Crippen LogP contribution >= 0.6 is 11.8 Å². The Balaban J connectivity index is 2.14. The molecule has 0 bridgehead atoms. The first-order valence-corrected chi connectivity index (χ1v) is 6.12. The van der Waals surface area contributed by atoms with E-state index in [-0.39, 0.29) is 0 Å². The Kier molecular flexibility index (Phi) is 3.45. The topological polar surface area (TPSA) is 28.7 Å². The van der Waals surface area contributed by atoms with Crippen molar-refractivity contribution >= 4 is 11.8 Å². The highest BCUT2D eigenvalue weighted by Gasteiger charge is 2.02. The van der Waals surface area contributed by atoms with E-state index >= 15 is 0 Å². The number of aromatic nitrogens is 2. The minimum absolute atomic E-state index is 1.01. The van der Waals surface area contributed by atoms with E-state index in [1.54, 1.807) is 11.8 Å². The zero-order valence-electron chi connectivity index (χ0n) is 8.73. The molecule has 2 aromatic rings. The molecule has 0 radical (unpaired) electrons. The number of nitrogens with zero attached hydrogens (tertiary/aromatic N) is 1. The maximum absolute atomic E-state index is 4.34. The van der Waals surface area contributed by atoms with Gasteiger partial charge < -0.3 is 4.98 Å². The molecule has 0 aliphatic rings. The molecule has 0 spiro atoms. The van der Waals surface area contributed by atoms with Gasteiger partial charge in [-0.25, -0.2) is 4.98 Å². The summed E-state index contributed by atoms with van der Waals surface area (Å²) in [5.74, 6) is 1.11. The smallest absolute Gasteiger partial charge is 0.165 e. The van der Waals surface area contributed by atoms with Gasteiger partial charge in [-0.1, -0.05) is 49.0 Å². The van der Waals surface area contributed by atoms with Crippen molar-refractivity contribution < 1.29 is 0 Å². The van der Waals surface area contributed by atoms with Crippen molar-refractivity contribution in [2.75, 3.05) is 5.75 Å². The van der Waals surface area contributed by atoms with Gasteiger partial charge in [0.05, 0.1) is 11.9 Å². The van der Waals surface area contributed by atoms with Crippen LogP contribution in [0.4, 0.5) is 0 Å². The Morgan fingerprint density at radius 3 is 2.80 bits per heavy atom. The van der Waals surface area contributed by atoms with E-state index in [1.165, 1.54) is 12.0 Å². The summed E-state index contributed by atoms with van der Waals surface area (Å²) < 4.78 is 0. The van der Waals surface area contributed by atoms with E-state index < -0.39 is 0 Å². The fraction of sp³-hybridized carbons (Fsp3) is 0.250. The van der Waals surface area contributed by atoms with Gasteiger partial charge in [-0.3, -0.25) is 0 Å². The normalized spacial score (nSPS) is 10.5.